The van der Waals surface area contributed by atoms with Crippen molar-refractivity contribution in [1.82, 2.24) is 29.7 Å². The van der Waals surface area contributed by atoms with E-state index >= 15 is 0 Å². The molecule has 2 N–H and O–H groups in total. The van der Waals surface area contributed by atoms with Gasteiger partial charge in [-0.3, -0.25) is 19.6 Å². The Kier molecular flexibility index (Phi) is 4.65. The first-order valence-electron chi connectivity index (χ1n) is 9.43. The van der Waals surface area contributed by atoms with Crippen molar-refractivity contribution in [3.8, 4) is 5.95 Å². The lowest BCUT2D eigenvalue weighted by Crippen LogP contribution is -2.20. The lowest BCUT2D eigenvalue weighted by atomic mass is 9.92. The van der Waals surface area contributed by atoms with Gasteiger partial charge >= 0.3 is 0 Å². The highest BCUT2D eigenvalue weighted by atomic mass is 16.2. The average Bonchev–Trinajstić information content (AvgIpc) is 3.11. The highest BCUT2D eigenvalue weighted by molar-refractivity contribution is 6.03. The number of aryl methyl sites for hydroxylation is 1. The first kappa shape index (κ1) is 19.4. The van der Waals surface area contributed by atoms with Crippen molar-refractivity contribution >= 4 is 22.8 Å². The molecule has 0 aliphatic rings. The van der Waals surface area contributed by atoms with Gasteiger partial charge in [0.1, 0.15) is 11.5 Å². The van der Waals surface area contributed by atoms with E-state index in [9.17, 15) is 9.59 Å². The molecule has 30 heavy (non-hydrogen) atoms. The second-order valence-corrected chi connectivity index (χ2v) is 7.99. The van der Waals surface area contributed by atoms with E-state index in [1.807, 2.05) is 39.0 Å². The number of carbonyl (C=O) groups excluding carboxylic acids is 1. The van der Waals surface area contributed by atoms with Gasteiger partial charge in [0.2, 0.25) is 5.95 Å². The lowest BCUT2D eigenvalue weighted by molar-refractivity contribution is 0.102. The summed E-state index contributed by atoms with van der Waals surface area (Å²) in [6.07, 6.45) is 1.43. The van der Waals surface area contributed by atoms with Gasteiger partial charge in [0, 0.05) is 23.2 Å². The standard InChI is InChI=1S/C21H21N7O2/c1-12-9-18(29)26-20(23-12)28-17(10-16(27-28)21(2,3)4)25-19(30)15-11-22-13-7-5-6-8-14(13)24-15/h5-11H,1-4H3,(H,25,30)(H,23,26,29). The second kappa shape index (κ2) is 7.18. The molecule has 9 nitrogen and oxygen atoms in total. The van der Waals surface area contributed by atoms with Crippen LogP contribution in [0.4, 0.5) is 5.82 Å². The van der Waals surface area contributed by atoms with Crippen LogP contribution in [-0.4, -0.2) is 35.6 Å². The fourth-order valence-corrected chi connectivity index (χ4v) is 2.91. The van der Waals surface area contributed by atoms with Crippen molar-refractivity contribution in [2.75, 3.05) is 5.32 Å². The summed E-state index contributed by atoms with van der Waals surface area (Å²) >= 11 is 0. The molecular weight excluding hydrogens is 382 g/mol. The number of H-pyrrole nitrogens is 1. The molecule has 152 valence electrons. The van der Waals surface area contributed by atoms with Gasteiger partial charge in [-0.05, 0) is 19.1 Å². The van der Waals surface area contributed by atoms with Gasteiger partial charge in [-0.25, -0.2) is 9.97 Å². The van der Waals surface area contributed by atoms with Crippen LogP contribution in [0.25, 0.3) is 17.0 Å². The topological polar surface area (TPSA) is 118 Å². The maximum atomic E-state index is 12.9. The smallest absolute Gasteiger partial charge is 0.277 e. The third kappa shape index (κ3) is 3.82. The van der Waals surface area contributed by atoms with Crippen LogP contribution in [0.1, 0.15) is 42.6 Å². The van der Waals surface area contributed by atoms with Crippen molar-refractivity contribution in [2.24, 2.45) is 0 Å². The second-order valence-electron chi connectivity index (χ2n) is 7.99. The zero-order valence-corrected chi connectivity index (χ0v) is 17.1. The Morgan fingerprint density at radius 2 is 1.83 bits per heavy atom. The molecule has 0 radical (unpaired) electrons. The van der Waals surface area contributed by atoms with Crippen molar-refractivity contribution < 1.29 is 4.79 Å². The summed E-state index contributed by atoms with van der Waals surface area (Å²) in [5, 5.41) is 7.38. The summed E-state index contributed by atoms with van der Waals surface area (Å²) in [5.74, 6) is 0.147. The summed E-state index contributed by atoms with van der Waals surface area (Å²) in [6.45, 7) is 7.74. The summed E-state index contributed by atoms with van der Waals surface area (Å²) in [4.78, 5) is 40.5. The van der Waals surface area contributed by atoms with E-state index in [4.69, 9.17) is 0 Å². The van der Waals surface area contributed by atoms with Crippen LogP contribution in [0.5, 0.6) is 0 Å². The van der Waals surface area contributed by atoms with Gasteiger partial charge in [-0.2, -0.15) is 9.78 Å². The Balaban J connectivity index is 1.75. The number of aromatic amines is 1. The number of nitrogens with zero attached hydrogens (tertiary/aromatic N) is 5. The van der Waals surface area contributed by atoms with Gasteiger partial charge in [-0.1, -0.05) is 32.9 Å². The summed E-state index contributed by atoms with van der Waals surface area (Å²) in [6, 6.07) is 10.5. The molecule has 4 rings (SSSR count). The molecule has 4 aromatic rings. The minimum atomic E-state index is -0.440. The largest absolute Gasteiger partial charge is 0.305 e. The highest BCUT2D eigenvalue weighted by Crippen LogP contribution is 2.25. The van der Waals surface area contributed by atoms with Gasteiger partial charge in [0.25, 0.3) is 11.5 Å². The third-order valence-electron chi connectivity index (χ3n) is 4.46. The highest BCUT2D eigenvalue weighted by Gasteiger charge is 2.23. The Morgan fingerprint density at radius 3 is 2.53 bits per heavy atom. The van der Waals surface area contributed by atoms with E-state index < -0.39 is 5.91 Å². The predicted molar refractivity (Wildman–Crippen MR) is 113 cm³/mol. The van der Waals surface area contributed by atoms with Crippen molar-refractivity contribution in [3.63, 3.8) is 0 Å². The molecular formula is C21H21N7O2. The fraction of sp³-hybridized carbons (Fsp3) is 0.238. The fourth-order valence-electron chi connectivity index (χ4n) is 2.91. The zero-order valence-electron chi connectivity index (χ0n) is 17.1. The predicted octanol–water partition coefficient (Wildman–Crippen LogP) is 2.76. The molecule has 0 spiro atoms. The van der Waals surface area contributed by atoms with E-state index in [0.717, 1.165) is 5.69 Å². The third-order valence-corrected chi connectivity index (χ3v) is 4.46. The van der Waals surface area contributed by atoms with E-state index in [2.05, 4.69) is 30.4 Å². The number of fused-ring (bicyclic) bond motifs is 1. The molecule has 9 heteroatoms. The van der Waals surface area contributed by atoms with Crippen LogP contribution in [-0.2, 0) is 5.41 Å². The number of amides is 1. The Bertz CT molecular complexity index is 1310. The number of hydrogen-bond acceptors (Lipinski definition) is 6. The molecule has 1 aromatic carbocycles. The molecule has 0 saturated carbocycles. The van der Waals surface area contributed by atoms with E-state index in [-0.39, 0.29) is 22.6 Å². The van der Waals surface area contributed by atoms with Gasteiger partial charge in [-0.15, -0.1) is 0 Å². The summed E-state index contributed by atoms with van der Waals surface area (Å²) < 4.78 is 1.42. The Labute approximate surface area is 172 Å². The molecule has 3 heterocycles. The molecule has 0 atom stereocenters. The van der Waals surface area contributed by atoms with Crippen LogP contribution in [0.2, 0.25) is 0 Å². The Morgan fingerprint density at radius 1 is 1.10 bits per heavy atom. The maximum Gasteiger partial charge on any atom is 0.277 e. The van der Waals surface area contributed by atoms with Crippen LogP contribution in [0, 0.1) is 6.92 Å². The van der Waals surface area contributed by atoms with E-state index in [1.54, 1.807) is 19.1 Å². The number of rotatable bonds is 3. The van der Waals surface area contributed by atoms with Crippen LogP contribution in [0.15, 0.2) is 47.4 Å². The van der Waals surface area contributed by atoms with Crippen LogP contribution in [0.3, 0.4) is 0 Å². The van der Waals surface area contributed by atoms with Crippen LogP contribution >= 0.6 is 0 Å². The number of para-hydroxylation sites is 2. The van der Waals surface area contributed by atoms with Crippen molar-refractivity contribution in [3.05, 3.63) is 70.0 Å². The lowest BCUT2D eigenvalue weighted by Gasteiger charge is -2.13. The van der Waals surface area contributed by atoms with Gasteiger partial charge < -0.3 is 5.32 Å². The van der Waals surface area contributed by atoms with Crippen molar-refractivity contribution in [2.45, 2.75) is 33.1 Å². The maximum absolute atomic E-state index is 12.9. The molecule has 0 saturated heterocycles. The molecule has 3 aromatic heterocycles. The molecule has 0 bridgehead atoms. The number of aromatic nitrogens is 6. The number of anilines is 1. The van der Waals surface area contributed by atoms with E-state index in [1.165, 1.54) is 16.9 Å². The first-order chi connectivity index (χ1) is 14.2. The monoisotopic (exact) mass is 403 g/mol. The average molecular weight is 403 g/mol. The Hall–Kier alpha value is -3.88. The number of benzene rings is 1. The van der Waals surface area contributed by atoms with Gasteiger partial charge in [0.15, 0.2) is 0 Å². The van der Waals surface area contributed by atoms with Crippen LogP contribution < -0.4 is 10.9 Å². The molecule has 0 aliphatic heterocycles. The molecule has 0 unspecified atom stereocenters. The minimum Gasteiger partial charge on any atom is -0.305 e. The SMILES string of the molecule is Cc1cc(=O)[nH]c(-n2nc(C(C)(C)C)cc2NC(=O)c2cnc3ccccc3n2)n1. The first-order valence-corrected chi connectivity index (χ1v) is 9.43. The normalized spacial score (nSPS) is 11.6. The summed E-state index contributed by atoms with van der Waals surface area (Å²) in [7, 11) is 0. The number of hydrogen-bond donors (Lipinski definition) is 2. The summed E-state index contributed by atoms with van der Waals surface area (Å²) in [5.41, 5.74) is 2.19. The zero-order chi connectivity index (χ0) is 21.5. The molecule has 0 aliphatic carbocycles. The van der Waals surface area contributed by atoms with Gasteiger partial charge in [0.05, 0.1) is 22.9 Å². The number of nitrogens with one attached hydrogen (secondary N) is 2. The van der Waals surface area contributed by atoms with Crippen molar-refractivity contribution in [1.29, 1.82) is 0 Å². The molecule has 1 amide bonds. The van der Waals surface area contributed by atoms with E-state index in [0.29, 0.717) is 22.5 Å². The minimum absolute atomic E-state index is 0.171. The number of carbonyl (C=O) groups is 1. The quantitative estimate of drug-likeness (QED) is 0.543. The molecule has 0 fully saturated rings.